The summed E-state index contributed by atoms with van der Waals surface area (Å²) in [6.07, 6.45) is 16.1. The summed E-state index contributed by atoms with van der Waals surface area (Å²) in [6.45, 7) is 9.19. The Morgan fingerprint density at radius 2 is 1.91 bits per heavy atom. The van der Waals surface area contributed by atoms with E-state index < -0.39 is 6.42 Å². The highest BCUT2D eigenvalue weighted by atomic mass is 32.1. The summed E-state index contributed by atoms with van der Waals surface area (Å²) in [5.74, 6) is 1.00. The predicted octanol–water partition coefficient (Wildman–Crippen LogP) is 4.60. The zero-order valence-corrected chi connectivity index (χ0v) is 14.7. The number of hydrogen-bond donors (Lipinski definition) is 0. The van der Waals surface area contributed by atoms with Crippen molar-refractivity contribution in [3.05, 3.63) is 37.1 Å². The van der Waals surface area contributed by atoms with Gasteiger partial charge in [0.1, 0.15) is 5.11 Å². The second-order valence-corrected chi connectivity index (χ2v) is 6.57. The molecule has 0 unspecified atom stereocenters. The molecule has 22 heavy (non-hydrogen) atoms. The minimum absolute atomic E-state index is 0.775. The molecule has 0 aromatic rings. The summed E-state index contributed by atoms with van der Waals surface area (Å²) < 4.78 is 0. The van der Waals surface area contributed by atoms with Gasteiger partial charge in [-0.15, -0.1) is 19.2 Å². The van der Waals surface area contributed by atoms with Crippen LogP contribution in [0.1, 0.15) is 39.5 Å². The zero-order chi connectivity index (χ0) is 16.0. The van der Waals surface area contributed by atoms with Crippen molar-refractivity contribution in [2.45, 2.75) is 52.2 Å². The van der Waals surface area contributed by atoms with Gasteiger partial charge in [0.15, 0.2) is 0 Å². The predicted molar refractivity (Wildman–Crippen MR) is 102 cm³/mol. The monoisotopic (exact) mass is 316 g/mol. The normalized spacial score (nSPS) is 19.2. The molecule has 0 saturated carbocycles. The molecule has 120 valence electrons. The van der Waals surface area contributed by atoms with Gasteiger partial charge < -0.3 is 9.71 Å². The zero-order valence-electron chi connectivity index (χ0n) is 13.9. The number of amidine groups is 1. The van der Waals surface area contributed by atoms with Crippen LogP contribution in [0.25, 0.3) is 0 Å². The van der Waals surface area contributed by atoms with Crippen LogP contribution >= 0.6 is 12.2 Å². The summed E-state index contributed by atoms with van der Waals surface area (Å²) in [5.41, 5.74) is 0. The lowest BCUT2D eigenvalue weighted by atomic mass is 9.39. The molecular weight excluding hydrogens is 289 g/mol. The minimum Gasteiger partial charge on any atom is -0.499 e. The Kier molecular flexibility index (Phi) is 6.01. The Morgan fingerprint density at radius 1 is 1.23 bits per heavy atom. The molecule has 0 saturated heterocycles. The SMILES string of the molecule is C=CCN1C(=S)N2C=CC=CC2=N[B-]1(CCCC)CCCC. The van der Waals surface area contributed by atoms with Gasteiger partial charge in [0.25, 0.3) is 0 Å². The Labute approximate surface area is 140 Å². The minimum atomic E-state index is -0.999. The molecule has 0 aromatic heterocycles. The van der Waals surface area contributed by atoms with E-state index in [1.807, 2.05) is 29.3 Å². The van der Waals surface area contributed by atoms with Crippen molar-refractivity contribution in [1.82, 2.24) is 9.71 Å². The molecule has 0 fully saturated rings. The van der Waals surface area contributed by atoms with E-state index in [2.05, 4.69) is 31.3 Å². The smallest absolute Gasteiger partial charge is 0.201 e. The average Bonchev–Trinajstić information content (AvgIpc) is 2.54. The molecule has 2 aliphatic rings. The van der Waals surface area contributed by atoms with Gasteiger partial charge in [-0.1, -0.05) is 51.7 Å². The lowest BCUT2D eigenvalue weighted by Crippen LogP contribution is -2.63. The third kappa shape index (κ3) is 3.35. The average molecular weight is 316 g/mol. The van der Waals surface area contributed by atoms with Crippen LogP contribution in [0.4, 0.5) is 0 Å². The molecule has 3 nitrogen and oxygen atoms in total. The largest absolute Gasteiger partial charge is 0.499 e. The van der Waals surface area contributed by atoms with E-state index in [0.29, 0.717) is 0 Å². The van der Waals surface area contributed by atoms with E-state index in [0.717, 1.165) is 30.1 Å². The maximum atomic E-state index is 5.79. The van der Waals surface area contributed by atoms with E-state index in [1.165, 1.54) is 25.7 Å². The summed E-state index contributed by atoms with van der Waals surface area (Å²) in [6, 6.07) is 0. The highest BCUT2D eigenvalue weighted by Crippen LogP contribution is 2.33. The topological polar surface area (TPSA) is 18.8 Å². The summed E-state index contributed by atoms with van der Waals surface area (Å²) in [5, 5.41) is 0.873. The standard InChI is InChI=1S/C17H27BN3S/c1-4-7-12-18(13-8-5-2)19-16-11-9-10-15-20(16)17(22)21(18)14-6-3/h6,9-11,15H,3-5,7-8,12-14H2,1-2H3/q-1. The third-order valence-electron chi connectivity index (χ3n) is 4.61. The van der Waals surface area contributed by atoms with Gasteiger partial charge in [-0.2, -0.15) is 0 Å². The van der Waals surface area contributed by atoms with E-state index in [-0.39, 0.29) is 0 Å². The van der Waals surface area contributed by atoms with Gasteiger partial charge in [0, 0.05) is 12.7 Å². The maximum absolute atomic E-state index is 5.79. The van der Waals surface area contributed by atoms with Crippen LogP contribution in [0.2, 0.25) is 12.6 Å². The first kappa shape index (κ1) is 17.0. The van der Waals surface area contributed by atoms with Crippen LogP contribution in [0.3, 0.4) is 0 Å². The number of allylic oxidation sites excluding steroid dienone is 2. The molecule has 2 rings (SSSR count). The molecule has 0 bridgehead atoms. The van der Waals surface area contributed by atoms with Crippen molar-refractivity contribution >= 4 is 29.6 Å². The number of hydrogen-bond acceptors (Lipinski definition) is 2. The maximum Gasteiger partial charge on any atom is 0.201 e. The number of rotatable bonds is 8. The molecular formula is C17H27BN3S-. The molecule has 2 heterocycles. The van der Waals surface area contributed by atoms with Crippen molar-refractivity contribution in [1.29, 1.82) is 0 Å². The molecule has 0 N–H and O–H groups in total. The van der Waals surface area contributed by atoms with Gasteiger partial charge >= 0.3 is 0 Å². The lowest BCUT2D eigenvalue weighted by molar-refractivity contribution is 0.570. The lowest BCUT2D eigenvalue weighted by Gasteiger charge is -2.55. The number of nitrogens with zero attached hydrogens (tertiary/aromatic N) is 3. The molecule has 0 amide bonds. The Hall–Kier alpha value is -1.36. The number of unbranched alkanes of at least 4 members (excludes halogenated alkanes) is 2. The molecule has 0 radical (unpaired) electrons. The second kappa shape index (κ2) is 7.77. The van der Waals surface area contributed by atoms with Crippen LogP contribution in [-0.2, 0) is 0 Å². The molecule has 2 aliphatic heterocycles. The summed E-state index contributed by atoms with van der Waals surface area (Å²) in [4.78, 5) is 9.58. The first-order chi connectivity index (χ1) is 10.7. The molecule has 0 atom stereocenters. The van der Waals surface area contributed by atoms with Gasteiger partial charge in [-0.05, 0) is 24.4 Å². The van der Waals surface area contributed by atoms with Gasteiger partial charge in [-0.3, -0.25) is 4.90 Å². The van der Waals surface area contributed by atoms with Gasteiger partial charge in [0.2, 0.25) is 6.42 Å². The van der Waals surface area contributed by atoms with E-state index in [4.69, 9.17) is 17.1 Å². The van der Waals surface area contributed by atoms with Gasteiger partial charge in [-0.25, -0.2) is 0 Å². The van der Waals surface area contributed by atoms with E-state index in [9.17, 15) is 0 Å². The van der Waals surface area contributed by atoms with E-state index >= 15 is 0 Å². The highest BCUT2D eigenvalue weighted by Gasteiger charge is 2.37. The van der Waals surface area contributed by atoms with Crippen LogP contribution in [0.5, 0.6) is 0 Å². The van der Waals surface area contributed by atoms with Crippen molar-refractivity contribution in [2.24, 2.45) is 4.90 Å². The third-order valence-corrected chi connectivity index (χ3v) is 5.04. The summed E-state index contributed by atoms with van der Waals surface area (Å²) >= 11 is 5.79. The van der Waals surface area contributed by atoms with Crippen LogP contribution in [-0.4, -0.2) is 33.6 Å². The Balaban J connectivity index is 2.43. The van der Waals surface area contributed by atoms with Crippen molar-refractivity contribution in [2.75, 3.05) is 6.54 Å². The number of fused-ring (bicyclic) bond motifs is 1. The van der Waals surface area contributed by atoms with Crippen molar-refractivity contribution < 1.29 is 0 Å². The Morgan fingerprint density at radius 3 is 2.50 bits per heavy atom. The molecule has 0 aliphatic carbocycles. The van der Waals surface area contributed by atoms with Crippen LogP contribution < -0.4 is 0 Å². The fourth-order valence-electron chi connectivity index (χ4n) is 3.42. The molecule has 0 spiro atoms. The van der Waals surface area contributed by atoms with Crippen molar-refractivity contribution in [3.8, 4) is 0 Å². The molecule has 5 heteroatoms. The van der Waals surface area contributed by atoms with Crippen molar-refractivity contribution in [3.63, 3.8) is 0 Å². The summed E-state index contributed by atoms with van der Waals surface area (Å²) in [7, 11) is 0. The first-order valence-corrected chi connectivity index (χ1v) is 8.93. The molecule has 0 aromatic carbocycles. The second-order valence-electron chi connectivity index (χ2n) is 6.20. The van der Waals surface area contributed by atoms with Crippen LogP contribution in [0.15, 0.2) is 42.0 Å². The number of thiocarbonyl (C=S) groups is 1. The quantitative estimate of drug-likeness (QED) is 0.370. The Bertz CT molecular complexity index is 502. The highest BCUT2D eigenvalue weighted by molar-refractivity contribution is 7.80. The van der Waals surface area contributed by atoms with E-state index in [1.54, 1.807) is 0 Å². The fourth-order valence-corrected chi connectivity index (χ4v) is 3.85. The van der Waals surface area contributed by atoms with Gasteiger partial charge in [0.05, 0.1) is 5.84 Å². The first-order valence-electron chi connectivity index (χ1n) is 8.53. The fraction of sp³-hybridized carbons (Fsp3) is 0.529. The van der Waals surface area contributed by atoms with Crippen LogP contribution in [0, 0.1) is 0 Å².